The third-order valence-electron chi connectivity index (χ3n) is 15.2. The molecule has 6 N–H and O–H groups in total. The monoisotopic (exact) mass is 1090 g/mol. The number of esters is 1. The number of hydrogen-bond donors (Lipinski definition) is 6. The lowest BCUT2D eigenvalue weighted by Crippen LogP contribution is -2.61. The van der Waals surface area contributed by atoms with Gasteiger partial charge in [-0.25, -0.2) is 0 Å². The van der Waals surface area contributed by atoms with Gasteiger partial charge < -0.3 is 45.1 Å². The first-order valence-electron chi connectivity index (χ1n) is 32.4. The molecular formula is C66H121NO10. The Morgan fingerprint density at radius 2 is 0.896 bits per heavy atom. The Morgan fingerprint density at radius 1 is 0.506 bits per heavy atom. The van der Waals surface area contributed by atoms with Gasteiger partial charge in [0.2, 0.25) is 5.91 Å². The first-order valence-corrected chi connectivity index (χ1v) is 32.4. The Kier molecular flexibility index (Phi) is 51.1. The Bertz CT molecular complexity index is 1440. The van der Waals surface area contributed by atoms with E-state index < -0.39 is 67.4 Å². The molecule has 1 aliphatic heterocycles. The number of aliphatic hydroxyl groups excluding tert-OH is 5. The van der Waals surface area contributed by atoms with E-state index in [2.05, 4.69) is 62.5 Å². The van der Waals surface area contributed by atoms with Crippen molar-refractivity contribution in [2.45, 2.75) is 346 Å². The van der Waals surface area contributed by atoms with Gasteiger partial charge in [0.05, 0.1) is 25.4 Å². The number of rotatable bonds is 55. The highest BCUT2D eigenvalue weighted by Crippen LogP contribution is 2.26. The van der Waals surface area contributed by atoms with Crippen molar-refractivity contribution >= 4 is 11.9 Å². The van der Waals surface area contributed by atoms with Gasteiger partial charge in [0.25, 0.3) is 0 Å². The highest BCUT2D eigenvalue weighted by molar-refractivity contribution is 5.80. The van der Waals surface area contributed by atoms with Gasteiger partial charge in [-0.15, -0.1) is 0 Å². The molecule has 8 atom stereocenters. The molecule has 8 unspecified atom stereocenters. The number of ether oxygens (including phenoxy) is 3. The Morgan fingerprint density at radius 3 is 1.36 bits per heavy atom. The normalized spacial score (nSPS) is 19.3. The van der Waals surface area contributed by atoms with E-state index in [1.165, 1.54) is 173 Å². The largest absolute Gasteiger partial charge is 0.454 e. The van der Waals surface area contributed by atoms with Crippen molar-refractivity contribution in [3.05, 3.63) is 48.6 Å². The Balaban J connectivity index is 2.62. The lowest BCUT2D eigenvalue weighted by Gasteiger charge is -2.41. The van der Waals surface area contributed by atoms with Gasteiger partial charge in [0, 0.05) is 6.42 Å². The zero-order valence-corrected chi connectivity index (χ0v) is 49.8. The van der Waals surface area contributed by atoms with Crippen LogP contribution in [0.4, 0.5) is 0 Å². The van der Waals surface area contributed by atoms with Crippen LogP contribution in [0.3, 0.4) is 0 Å². The van der Waals surface area contributed by atoms with E-state index in [1.807, 2.05) is 6.08 Å². The number of unbranched alkanes of at least 4 members (excludes halogenated alkanes) is 35. The van der Waals surface area contributed by atoms with Crippen LogP contribution < -0.4 is 5.32 Å². The summed E-state index contributed by atoms with van der Waals surface area (Å²) in [5.74, 6) is -1.19. The SMILES string of the molecule is CCCCC/C=C\C/C=C\C/C=C\CCCCCCCCCCCCC(=O)OC1C(OCC(NC(=O)C(O)CCCCCCCCCCCCCC)C(O)/C=C/CCCCCCCCCCCCC)OC(CO)C(O)C1O. The molecule has 77 heavy (non-hydrogen) atoms. The van der Waals surface area contributed by atoms with Crippen LogP contribution in [0.1, 0.15) is 297 Å². The summed E-state index contributed by atoms with van der Waals surface area (Å²) < 4.78 is 17.6. The average molecular weight is 1090 g/mol. The van der Waals surface area contributed by atoms with E-state index in [0.717, 1.165) is 77.0 Å². The minimum atomic E-state index is -1.61. The van der Waals surface area contributed by atoms with Crippen molar-refractivity contribution in [3.63, 3.8) is 0 Å². The second-order valence-corrected chi connectivity index (χ2v) is 22.5. The van der Waals surface area contributed by atoms with Crippen molar-refractivity contribution in [3.8, 4) is 0 Å². The maximum Gasteiger partial charge on any atom is 0.306 e. The molecule has 11 nitrogen and oxygen atoms in total. The number of nitrogens with one attached hydrogen (secondary N) is 1. The quantitative estimate of drug-likeness (QED) is 0.0195. The molecule has 0 aliphatic carbocycles. The lowest BCUT2D eigenvalue weighted by molar-refractivity contribution is -0.305. The number of aliphatic hydroxyl groups is 5. The first-order chi connectivity index (χ1) is 37.7. The summed E-state index contributed by atoms with van der Waals surface area (Å²) in [5.41, 5.74) is 0. The molecule has 1 heterocycles. The molecule has 0 aromatic heterocycles. The molecule has 450 valence electrons. The fraction of sp³-hybridized carbons (Fsp3) is 0.848. The highest BCUT2D eigenvalue weighted by Gasteiger charge is 2.47. The maximum atomic E-state index is 13.4. The Hall–Kier alpha value is -2.38. The summed E-state index contributed by atoms with van der Waals surface area (Å²) in [5, 5.41) is 57.0. The smallest absolute Gasteiger partial charge is 0.306 e. The van der Waals surface area contributed by atoms with Gasteiger partial charge in [-0.05, 0) is 64.2 Å². The molecule has 0 radical (unpaired) electrons. The average Bonchev–Trinajstić information content (AvgIpc) is 3.43. The summed E-state index contributed by atoms with van der Waals surface area (Å²) >= 11 is 0. The van der Waals surface area contributed by atoms with E-state index >= 15 is 0 Å². The number of carbonyl (C=O) groups excluding carboxylic acids is 2. The van der Waals surface area contributed by atoms with Crippen LogP contribution in [0.15, 0.2) is 48.6 Å². The fourth-order valence-corrected chi connectivity index (χ4v) is 10.1. The van der Waals surface area contributed by atoms with Crippen molar-refractivity contribution < 1.29 is 49.3 Å². The predicted octanol–water partition coefficient (Wildman–Crippen LogP) is 15.6. The second kappa shape index (κ2) is 54.2. The van der Waals surface area contributed by atoms with Gasteiger partial charge in [-0.2, -0.15) is 0 Å². The molecule has 11 heteroatoms. The van der Waals surface area contributed by atoms with Crippen molar-refractivity contribution in [1.82, 2.24) is 5.32 Å². The molecule has 1 saturated heterocycles. The zero-order valence-electron chi connectivity index (χ0n) is 49.8. The molecule has 1 aliphatic rings. The number of carbonyl (C=O) groups is 2. The van der Waals surface area contributed by atoms with Gasteiger partial charge in [-0.3, -0.25) is 9.59 Å². The molecule has 1 rings (SSSR count). The molecule has 1 fully saturated rings. The fourth-order valence-electron chi connectivity index (χ4n) is 10.1. The minimum absolute atomic E-state index is 0.120. The third-order valence-corrected chi connectivity index (χ3v) is 15.2. The van der Waals surface area contributed by atoms with E-state index in [4.69, 9.17) is 14.2 Å². The van der Waals surface area contributed by atoms with Crippen LogP contribution in [0, 0.1) is 0 Å². The molecule has 0 bridgehead atoms. The molecule has 0 saturated carbocycles. The van der Waals surface area contributed by atoms with Gasteiger partial charge >= 0.3 is 5.97 Å². The number of amides is 1. The van der Waals surface area contributed by atoms with Crippen LogP contribution >= 0.6 is 0 Å². The summed E-state index contributed by atoms with van der Waals surface area (Å²) in [7, 11) is 0. The highest BCUT2D eigenvalue weighted by atomic mass is 16.7. The topological polar surface area (TPSA) is 175 Å². The summed E-state index contributed by atoms with van der Waals surface area (Å²) in [6.45, 7) is 5.78. The molecule has 0 aromatic rings. The summed E-state index contributed by atoms with van der Waals surface area (Å²) in [6, 6.07) is -1.02. The van der Waals surface area contributed by atoms with E-state index in [0.29, 0.717) is 19.3 Å². The lowest BCUT2D eigenvalue weighted by atomic mass is 9.99. The molecule has 1 amide bonds. The number of hydrogen-bond acceptors (Lipinski definition) is 10. The van der Waals surface area contributed by atoms with Crippen molar-refractivity contribution in [2.75, 3.05) is 13.2 Å². The van der Waals surface area contributed by atoms with Crippen LogP contribution in [0.5, 0.6) is 0 Å². The first kappa shape index (κ1) is 72.6. The van der Waals surface area contributed by atoms with Crippen LogP contribution in [-0.2, 0) is 23.8 Å². The summed E-state index contributed by atoms with van der Waals surface area (Å²) in [6.07, 6.45) is 55.7. The second-order valence-electron chi connectivity index (χ2n) is 22.5. The third kappa shape index (κ3) is 42.2. The van der Waals surface area contributed by atoms with E-state index in [9.17, 15) is 35.1 Å². The summed E-state index contributed by atoms with van der Waals surface area (Å²) in [4.78, 5) is 26.6. The van der Waals surface area contributed by atoms with Crippen LogP contribution in [0.25, 0.3) is 0 Å². The molecule has 0 spiro atoms. The van der Waals surface area contributed by atoms with Gasteiger partial charge in [-0.1, -0.05) is 275 Å². The van der Waals surface area contributed by atoms with E-state index in [-0.39, 0.29) is 13.0 Å². The van der Waals surface area contributed by atoms with Gasteiger partial charge in [0.15, 0.2) is 12.4 Å². The standard InChI is InChI=1S/C66H121NO10/c1-4-7-10-13-16-19-22-25-26-27-28-29-30-31-32-33-34-36-39-42-45-48-51-54-61(71)77-64-63(73)62(72)60(55-68)76-66(64)75-56-57(58(69)52-49-46-43-40-38-35-23-20-17-14-11-8-5-2)67-65(74)59(70)53-50-47-44-41-37-24-21-18-15-12-9-6-3/h16,19,25-26,28-29,49,52,57-60,62-64,66,68-70,72-73H,4-15,17-18,20-24,27,30-48,50-51,53-56H2,1-3H3,(H,67,74)/b19-16-,26-25-,29-28-,52-49+. The minimum Gasteiger partial charge on any atom is -0.454 e. The molecular weight excluding hydrogens is 967 g/mol. The van der Waals surface area contributed by atoms with Crippen LogP contribution in [0.2, 0.25) is 0 Å². The van der Waals surface area contributed by atoms with Gasteiger partial charge in [0.1, 0.15) is 24.4 Å². The van der Waals surface area contributed by atoms with Crippen molar-refractivity contribution in [2.24, 2.45) is 0 Å². The van der Waals surface area contributed by atoms with E-state index in [1.54, 1.807) is 6.08 Å². The Labute approximate surface area is 472 Å². The molecule has 0 aromatic carbocycles. The number of allylic oxidation sites excluding steroid dienone is 7. The zero-order chi connectivity index (χ0) is 56.1. The van der Waals surface area contributed by atoms with Crippen LogP contribution in [-0.4, -0.2) is 99.6 Å². The maximum absolute atomic E-state index is 13.4. The predicted molar refractivity (Wildman–Crippen MR) is 320 cm³/mol. The van der Waals surface area contributed by atoms with Crippen molar-refractivity contribution in [1.29, 1.82) is 0 Å².